The highest BCUT2D eigenvalue weighted by Gasteiger charge is 2.13. The second-order valence-electron chi connectivity index (χ2n) is 4.23. The fourth-order valence-corrected chi connectivity index (χ4v) is 1.89. The number of carbonyl (C=O) groups is 1. The zero-order valence-electron chi connectivity index (χ0n) is 11.0. The lowest BCUT2D eigenvalue weighted by Gasteiger charge is -2.20. The Kier molecular flexibility index (Phi) is 4.61. The average Bonchev–Trinajstić information content (AvgIpc) is 2.49. The number of pyridine rings is 2. The lowest BCUT2D eigenvalue weighted by atomic mass is 10.2. The number of hydrogen-bond acceptors (Lipinski definition) is 3. The zero-order valence-corrected chi connectivity index (χ0v) is 11.0. The van der Waals surface area contributed by atoms with E-state index < -0.39 is 0 Å². The number of nitrogens with zero attached hydrogens (tertiary/aromatic N) is 3. The van der Waals surface area contributed by atoms with Crippen LogP contribution >= 0.6 is 0 Å². The fourth-order valence-electron chi connectivity index (χ4n) is 1.89. The van der Waals surface area contributed by atoms with Crippen LogP contribution in [-0.4, -0.2) is 33.9 Å². The van der Waals surface area contributed by atoms with E-state index in [1.807, 2.05) is 24.0 Å². The van der Waals surface area contributed by atoms with E-state index in [0.29, 0.717) is 18.7 Å². The standard InChI is InChI=1S/C15H17N3O/c1-2-18(11-7-13-5-9-16-10-6-13)15(19)14-4-3-8-17-12-14/h3-6,8-10,12H,2,7,11H2,1H3. The molecule has 4 nitrogen and oxygen atoms in total. The van der Waals surface area contributed by atoms with Crippen LogP contribution in [-0.2, 0) is 6.42 Å². The molecule has 0 spiro atoms. The Balaban J connectivity index is 1.99. The molecular formula is C15H17N3O. The fraction of sp³-hybridized carbons (Fsp3) is 0.267. The Bertz CT molecular complexity index is 513. The molecule has 0 atom stereocenters. The van der Waals surface area contributed by atoms with Crippen molar-refractivity contribution < 1.29 is 4.79 Å². The molecule has 0 saturated carbocycles. The van der Waals surface area contributed by atoms with Gasteiger partial charge in [-0.2, -0.15) is 0 Å². The summed E-state index contributed by atoms with van der Waals surface area (Å²) in [6.45, 7) is 3.38. The van der Waals surface area contributed by atoms with Crippen LogP contribution in [0.1, 0.15) is 22.8 Å². The summed E-state index contributed by atoms with van der Waals surface area (Å²) in [4.78, 5) is 22.1. The van der Waals surface area contributed by atoms with Gasteiger partial charge in [0.25, 0.3) is 5.91 Å². The minimum atomic E-state index is 0.0321. The molecule has 2 heterocycles. The van der Waals surface area contributed by atoms with Gasteiger partial charge in [0, 0.05) is 37.9 Å². The Morgan fingerprint density at radius 2 is 1.95 bits per heavy atom. The second kappa shape index (κ2) is 6.64. The average molecular weight is 255 g/mol. The molecule has 0 aliphatic carbocycles. The third-order valence-corrected chi connectivity index (χ3v) is 3.00. The second-order valence-corrected chi connectivity index (χ2v) is 4.23. The van der Waals surface area contributed by atoms with E-state index in [4.69, 9.17) is 0 Å². The molecule has 2 aromatic heterocycles. The Hall–Kier alpha value is -2.23. The van der Waals surface area contributed by atoms with Crippen LogP contribution < -0.4 is 0 Å². The zero-order chi connectivity index (χ0) is 13.5. The van der Waals surface area contributed by atoms with E-state index in [2.05, 4.69) is 9.97 Å². The van der Waals surface area contributed by atoms with Gasteiger partial charge in [0.15, 0.2) is 0 Å². The van der Waals surface area contributed by atoms with E-state index in [1.165, 1.54) is 5.56 Å². The van der Waals surface area contributed by atoms with Crippen molar-refractivity contribution in [2.75, 3.05) is 13.1 Å². The van der Waals surface area contributed by atoms with Crippen LogP contribution in [0.25, 0.3) is 0 Å². The summed E-state index contributed by atoms with van der Waals surface area (Å²) in [5.74, 6) is 0.0321. The monoisotopic (exact) mass is 255 g/mol. The molecule has 2 aromatic rings. The SMILES string of the molecule is CCN(CCc1ccncc1)C(=O)c1cccnc1. The van der Waals surface area contributed by atoms with Gasteiger partial charge in [0.1, 0.15) is 0 Å². The number of aromatic nitrogens is 2. The summed E-state index contributed by atoms with van der Waals surface area (Å²) in [6.07, 6.45) is 7.66. The molecule has 0 N–H and O–H groups in total. The number of carbonyl (C=O) groups excluding carboxylic acids is 1. The van der Waals surface area contributed by atoms with Crippen molar-refractivity contribution >= 4 is 5.91 Å². The first-order valence-corrected chi connectivity index (χ1v) is 6.39. The Morgan fingerprint density at radius 1 is 1.16 bits per heavy atom. The molecule has 0 aromatic carbocycles. The van der Waals surface area contributed by atoms with Crippen LogP contribution in [0.3, 0.4) is 0 Å². The van der Waals surface area contributed by atoms with E-state index in [-0.39, 0.29) is 5.91 Å². The van der Waals surface area contributed by atoms with Crippen molar-refractivity contribution in [2.24, 2.45) is 0 Å². The molecule has 1 amide bonds. The molecule has 0 unspecified atom stereocenters. The summed E-state index contributed by atoms with van der Waals surface area (Å²) < 4.78 is 0. The molecule has 2 rings (SSSR count). The quantitative estimate of drug-likeness (QED) is 0.822. The topological polar surface area (TPSA) is 46.1 Å². The molecule has 0 bridgehead atoms. The summed E-state index contributed by atoms with van der Waals surface area (Å²) in [6, 6.07) is 7.53. The first-order valence-electron chi connectivity index (χ1n) is 6.39. The van der Waals surface area contributed by atoms with Crippen LogP contribution in [0.5, 0.6) is 0 Å². The molecule has 98 valence electrons. The summed E-state index contributed by atoms with van der Waals surface area (Å²) in [7, 11) is 0. The third-order valence-electron chi connectivity index (χ3n) is 3.00. The lowest BCUT2D eigenvalue weighted by Crippen LogP contribution is -2.32. The van der Waals surface area contributed by atoms with Crippen LogP contribution in [0.15, 0.2) is 49.1 Å². The van der Waals surface area contributed by atoms with Crippen molar-refractivity contribution in [3.8, 4) is 0 Å². The lowest BCUT2D eigenvalue weighted by molar-refractivity contribution is 0.0766. The van der Waals surface area contributed by atoms with Gasteiger partial charge >= 0.3 is 0 Å². The molecule has 0 fully saturated rings. The van der Waals surface area contributed by atoms with Crippen LogP contribution in [0.2, 0.25) is 0 Å². The number of amides is 1. The maximum absolute atomic E-state index is 12.3. The van der Waals surface area contributed by atoms with Crippen molar-refractivity contribution in [1.82, 2.24) is 14.9 Å². The Morgan fingerprint density at radius 3 is 2.58 bits per heavy atom. The number of hydrogen-bond donors (Lipinski definition) is 0. The van der Waals surface area contributed by atoms with E-state index >= 15 is 0 Å². The highest BCUT2D eigenvalue weighted by Crippen LogP contribution is 2.05. The predicted molar refractivity (Wildman–Crippen MR) is 73.8 cm³/mol. The third kappa shape index (κ3) is 3.61. The normalized spacial score (nSPS) is 10.2. The van der Waals surface area contributed by atoms with Crippen LogP contribution in [0, 0.1) is 0 Å². The summed E-state index contributed by atoms with van der Waals surface area (Å²) in [5, 5.41) is 0. The van der Waals surface area contributed by atoms with Gasteiger partial charge < -0.3 is 4.90 Å². The van der Waals surface area contributed by atoms with Crippen molar-refractivity contribution in [2.45, 2.75) is 13.3 Å². The smallest absolute Gasteiger partial charge is 0.255 e. The van der Waals surface area contributed by atoms with Gasteiger partial charge in [-0.1, -0.05) is 0 Å². The van der Waals surface area contributed by atoms with Crippen molar-refractivity contribution in [1.29, 1.82) is 0 Å². The van der Waals surface area contributed by atoms with Gasteiger partial charge in [0.05, 0.1) is 5.56 Å². The number of likely N-dealkylation sites (N-methyl/N-ethyl adjacent to an activating group) is 1. The molecular weight excluding hydrogens is 238 g/mol. The highest BCUT2D eigenvalue weighted by atomic mass is 16.2. The van der Waals surface area contributed by atoms with Gasteiger partial charge in [-0.05, 0) is 43.2 Å². The van der Waals surface area contributed by atoms with E-state index in [9.17, 15) is 4.79 Å². The first-order chi connectivity index (χ1) is 9.31. The largest absolute Gasteiger partial charge is 0.339 e. The predicted octanol–water partition coefficient (Wildman–Crippen LogP) is 2.18. The molecule has 0 saturated heterocycles. The molecule has 0 radical (unpaired) electrons. The molecule has 0 aliphatic rings. The van der Waals surface area contributed by atoms with Crippen molar-refractivity contribution in [3.63, 3.8) is 0 Å². The van der Waals surface area contributed by atoms with Crippen LogP contribution in [0.4, 0.5) is 0 Å². The van der Waals surface area contributed by atoms with Crippen molar-refractivity contribution in [3.05, 3.63) is 60.2 Å². The van der Waals surface area contributed by atoms with Gasteiger partial charge in [0.2, 0.25) is 0 Å². The molecule has 19 heavy (non-hydrogen) atoms. The molecule has 4 heteroatoms. The Labute approximate surface area is 113 Å². The number of rotatable bonds is 5. The van der Waals surface area contributed by atoms with Gasteiger partial charge in [-0.15, -0.1) is 0 Å². The highest BCUT2D eigenvalue weighted by molar-refractivity contribution is 5.93. The van der Waals surface area contributed by atoms with E-state index in [0.717, 1.165) is 6.42 Å². The van der Waals surface area contributed by atoms with Gasteiger partial charge in [-0.3, -0.25) is 14.8 Å². The summed E-state index contributed by atoms with van der Waals surface area (Å²) in [5.41, 5.74) is 1.83. The minimum absolute atomic E-state index is 0.0321. The summed E-state index contributed by atoms with van der Waals surface area (Å²) >= 11 is 0. The molecule has 0 aliphatic heterocycles. The van der Waals surface area contributed by atoms with E-state index in [1.54, 1.807) is 36.9 Å². The first kappa shape index (κ1) is 13.2. The maximum Gasteiger partial charge on any atom is 0.255 e. The minimum Gasteiger partial charge on any atom is -0.339 e. The maximum atomic E-state index is 12.3. The van der Waals surface area contributed by atoms with Gasteiger partial charge in [-0.25, -0.2) is 0 Å².